The summed E-state index contributed by atoms with van der Waals surface area (Å²) in [6.07, 6.45) is 1.69. The molecule has 0 spiro atoms. The Balaban J connectivity index is 2.00. The summed E-state index contributed by atoms with van der Waals surface area (Å²) < 4.78 is 39.7. The van der Waals surface area contributed by atoms with Crippen LogP contribution in [-0.2, 0) is 0 Å². The second kappa shape index (κ2) is 5.82. The molecule has 5 heteroatoms. The minimum absolute atomic E-state index is 0.0608. The first kappa shape index (κ1) is 14.2. The maximum Gasteiger partial charge on any atom is 0.182 e. The zero-order chi connectivity index (χ0) is 14.0. The first-order valence-electron chi connectivity index (χ1n) is 6.62. The van der Waals surface area contributed by atoms with Crippen molar-refractivity contribution >= 4 is 5.69 Å². The van der Waals surface area contributed by atoms with Gasteiger partial charge in [-0.25, -0.2) is 13.2 Å². The molecule has 0 radical (unpaired) electrons. The fourth-order valence-electron chi connectivity index (χ4n) is 2.44. The maximum atomic E-state index is 13.5. The smallest absolute Gasteiger partial charge is 0.182 e. The third kappa shape index (κ3) is 3.41. The molecular weight excluding hydrogens is 253 g/mol. The van der Waals surface area contributed by atoms with Crippen LogP contribution in [0, 0.1) is 17.5 Å². The average Bonchev–Trinajstić information content (AvgIpc) is 2.36. The van der Waals surface area contributed by atoms with E-state index in [-0.39, 0.29) is 11.7 Å². The van der Waals surface area contributed by atoms with Gasteiger partial charge in [-0.1, -0.05) is 0 Å². The number of piperidine rings is 1. The molecule has 106 valence electrons. The molecule has 0 bridgehead atoms. The van der Waals surface area contributed by atoms with E-state index in [0.717, 1.165) is 32.0 Å². The minimum Gasteiger partial charge on any atom is -0.380 e. The van der Waals surface area contributed by atoms with E-state index in [9.17, 15) is 13.2 Å². The van der Waals surface area contributed by atoms with Crippen LogP contribution in [0.3, 0.4) is 0 Å². The molecule has 0 aromatic heterocycles. The lowest BCUT2D eigenvalue weighted by Gasteiger charge is -2.35. The van der Waals surface area contributed by atoms with Gasteiger partial charge in [0.1, 0.15) is 5.82 Å². The normalized spacial score (nSPS) is 18.0. The van der Waals surface area contributed by atoms with Gasteiger partial charge < -0.3 is 10.2 Å². The number of halogens is 3. The molecule has 1 aliphatic heterocycles. The van der Waals surface area contributed by atoms with Gasteiger partial charge in [0.2, 0.25) is 0 Å². The molecule has 0 unspecified atom stereocenters. The Morgan fingerprint density at radius 3 is 2.37 bits per heavy atom. The summed E-state index contributed by atoms with van der Waals surface area (Å²) >= 11 is 0. The highest BCUT2D eigenvalue weighted by atomic mass is 19.2. The van der Waals surface area contributed by atoms with Gasteiger partial charge in [-0.05, 0) is 26.7 Å². The summed E-state index contributed by atoms with van der Waals surface area (Å²) in [6, 6.07) is 2.12. The first-order valence-corrected chi connectivity index (χ1v) is 6.62. The van der Waals surface area contributed by atoms with Gasteiger partial charge >= 0.3 is 0 Å². The van der Waals surface area contributed by atoms with Gasteiger partial charge in [0.05, 0.1) is 5.69 Å². The van der Waals surface area contributed by atoms with E-state index >= 15 is 0 Å². The van der Waals surface area contributed by atoms with Gasteiger partial charge in [-0.3, -0.25) is 0 Å². The van der Waals surface area contributed by atoms with Crippen molar-refractivity contribution in [3.05, 3.63) is 29.6 Å². The molecule has 0 amide bonds. The van der Waals surface area contributed by atoms with E-state index < -0.39 is 17.5 Å². The molecule has 1 saturated heterocycles. The largest absolute Gasteiger partial charge is 0.380 e. The second-order valence-corrected chi connectivity index (χ2v) is 5.30. The predicted octanol–water partition coefficient (Wildman–Crippen LogP) is 3.39. The summed E-state index contributed by atoms with van der Waals surface area (Å²) in [5.74, 6) is -2.92. The van der Waals surface area contributed by atoms with Gasteiger partial charge in [-0.2, -0.15) is 0 Å². The van der Waals surface area contributed by atoms with Crippen LogP contribution in [0.4, 0.5) is 18.9 Å². The highest BCUT2D eigenvalue weighted by Gasteiger charge is 2.22. The highest BCUT2D eigenvalue weighted by molar-refractivity contribution is 5.46. The SMILES string of the molecule is CC(C)N1CCC(Nc2cc(F)cc(F)c2F)CC1. The monoisotopic (exact) mass is 272 g/mol. The zero-order valence-electron chi connectivity index (χ0n) is 11.2. The fraction of sp³-hybridized carbons (Fsp3) is 0.571. The minimum atomic E-state index is -1.15. The summed E-state index contributed by atoms with van der Waals surface area (Å²) in [5.41, 5.74) is -0.0829. The zero-order valence-corrected chi connectivity index (χ0v) is 11.2. The third-order valence-electron chi connectivity index (χ3n) is 3.61. The van der Waals surface area contributed by atoms with Crippen LogP contribution in [-0.4, -0.2) is 30.1 Å². The third-order valence-corrected chi connectivity index (χ3v) is 3.61. The molecule has 1 fully saturated rings. The van der Waals surface area contributed by atoms with Crippen LogP contribution in [0.2, 0.25) is 0 Å². The van der Waals surface area contributed by atoms with Crippen LogP contribution in [0.5, 0.6) is 0 Å². The van der Waals surface area contributed by atoms with Crippen molar-refractivity contribution in [2.45, 2.75) is 38.8 Å². The molecule has 1 aromatic rings. The van der Waals surface area contributed by atoms with E-state index in [1.54, 1.807) is 0 Å². The Kier molecular flexibility index (Phi) is 4.34. The van der Waals surface area contributed by atoms with Crippen LogP contribution in [0.1, 0.15) is 26.7 Å². The highest BCUT2D eigenvalue weighted by Crippen LogP contribution is 2.23. The molecule has 1 aromatic carbocycles. The summed E-state index contributed by atoms with van der Waals surface area (Å²) in [5, 5.41) is 2.91. The van der Waals surface area contributed by atoms with Crippen LogP contribution in [0.15, 0.2) is 12.1 Å². The van der Waals surface area contributed by atoms with E-state index in [1.807, 2.05) is 0 Å². The summed E-state index contributed by atoms with van der Waals surface area (Å²) in [7, 11) is 0. The molecule has 1 heterocycles. The van der Waals surface area contributed by atoms with Crippen LogP contribution < -0.4 is 5.32 Å². The Morgan fingerprint density at radius 1 is 1.16 bits per heavy atom. The second-order valence-electron chi connectivity index (χ2n) is 5.30. The fourth-order valence-corrected chi connectivity index (χ4v) is 2.44. The van der Waals surface area contributed by atoms with E-state index in [1.165, 1.54) is 0 Å². The average molecular weight is 272 g/mol. The van der Waals surface area contributed by atoms with Crippen molar-refractivity contribution in [2.24, 2.45) is 0 Å². The van der Waals surface area contributed by atoms with Crippen molar-refractivity contribution in [2.75, 3.05) is 18.4 Å². The molecule has 2 nitrogen and oxygen atoms in total. The van der Waals surface area contributed by atoms with Crippen molar-refractivity contribution < 1.29 is 13.2 Å². The van der Waals surface area contributed by atoms with E-state index in [4.69, 9.17) is 0 Å². The number of benzene rings is 1. The van der Waals surface area contributed by atoms with E-state index in [0.29, 0.717) is 12.1 Å². The molecule has 1 aliphatic rings. The number of nitrogens with zero attached hydrogens (tertiary/aromatic N) is 1. The van der Waals surface area contributed by atoms with Gasteiger partial charge in [0, 0.05) is 37.3 Å². The number of hydrogen-bond acceptors (Lipinski definition) is 2. The number of likely N-dealkylation sites (tertiary alicyclic amines) is 1. The van der Waals surface area contributed by atoms with Crippen LogP contribution >= 0.6 is 0 Å². The lowest BCUT2D eigenvalue weighted by molar-refractivity contribution is 0.177. The number of rotatable bonds is 3. The quantitative estimate of drug-likeness (QED) is 0.848. The van der Waals surface area contributed by atoms with Crippen molar-refractivity contribution in [1.82, 2.24) is 4.90 Å². The number of hydrogen-bond donors (Lipinski definition) is 1. The van der Waals surface area contributed by atoms with Gasteiger partial charge in [0.25, 0.3) is 0 Å². The van der Waals surface area contributed by atoms with E-state index in [2.05, 4.69) is 24.1 Å². The maximum absolute atomic E-state index is 13.5. The number of nitrogens with one attached hydrogen (secondary N) is 1. The van der Waals surface area contributed by atoms with Gasteiger partial charge in [-0.15, -0.1) is 0 Å². The predicted molar refractivity (Wildman–Crippen MR) is 69.7 cm³/mol. The number of anilines is 1. The topological polar surface area (TPSA) is 15.3 Å². The van der Waals surface area contributed by atoms with Crippen LogP contribution in [0.25, 0.3) is 0 Å². The standard InChI is InChI=1S/C14H19F3N2/c1-9(2)19-5-3-11(4-6-19)18-13-8-10(15)7-12(16)14(13)17/h7-9,11,18H,3-6H2,1-2H3. The lowest BCUT2D eigenvalue weighted by Crippen LogP contribution is -2.42. The Labute approximate surface area is 111 Å². The molecular formula is C14H19F3N2. The molecule has 0 atom stereocenters. The molecule has 0 aliphatic carbocycles. The molecule has 2 rings (SSSR count). The Hall–Kier alpha value is -1.23. The summed E-state index contributed by atoms with van der Waals surface area (Å²) in [6.45, 7) is 6.09. The molecule has 0 saturated carbocycles. The molecule has 19 heavy (non-hydrogen) atoms. The van der Waals surface area contributed by atoms with Crippen molar-refractivity contribution in [1.29, 1.82) is 0 Å². The summed E-state index contributed by atoms with van der Waals surface area (Å²) in [4.78, 5) is 2.33. The van der Waals surface area contributed by atoms with Crippen molar-refractivity contribution in [3.63, 3.8) is 0 Å². The molecule has 1 N–H and O–H groups in total. The Bertz CT molecular complexity index is 441. The van der Waals surface area contributed by atoms with Gasteiger partial charge in [0.15, 0.2) is 11.6 Å². The Morgan fingerprint density at radius 2 is 1.79 bits per heavy atom. The lowest BCUT2D eigenvalue weighted by atomic mass is 10.0. The first-order chi connectivity index (χ1) is 8.97. The van der Waals surface area contributed by atoms with Crippen molar-refractivity contribution in [3.8, 4) is 0 Å².